The summed E-state index contributed by atoms with van der Waals surface area (Å²) in [6, 6.07) is 14.6. The molecule has 1 aliphatic rings. The van der Waals surface area contributed by atoms with Gasteiger partial charge in [0.05, 0.1) is 7.11 Å². The van der Waals surface area contributed by atoms with Crippen LogP contribution in [0.4, 0.5) is 4.79 Å². The fourth-order valence-electron chi connectivity index (χ4n) is 3.45. The predicted octanol–water partition coefficient (Wildman–Crippen LogP) is 2.51. The molecule has 1 saturated heterocycles. The molecule has 3 N–H and O–H groups in total. The van der Waals surface area contributed by atoms with E-state index in [4.69, 9.17) is 9.47 Å². The first-order chi connectivity index (χ1) is 16.0. The lowest BCUT2D eigenvalue weighted by molar-refractivity contribution is -0.135. The van der Waals surface area contributed by atoms with E-state index in [9.17, 15) is 14.4 Å². The molecule has 0 aromatic heterocycles. The Kier molecular flexibility index (Phi) is 8.93. The fourth-order valence-corrected chi connectivity index (χ4v) is 3.45. The van der Waals surface area contributed by atoms with E-state index in [1.807, 2.05) is 36.4 Å². The molecule has 0 spiro atoms. The van der Waals surface area contributed by atoms with E-state index in [0.717, 1.165) is 30.4 Å². The average molecular weight is 455 g/mol. The number of benzene rings is 2. The topological polar surface area (TPSA) is 109 Å². The van der Waals surface area contributed by atoms with Crippen molar-refractivity contribution in [1.29, 1.82) is 0 Å². The van der Waals surface area contributed by atoms with E-state index < -0.39 is 11.9 Å². The summed E-state index contributed by atoms with van der Waals surface area (Å²) in [6.45, 7) is 1.13. The van der Waals surface area contributed by atoms with Crippen molar-refractivity contribution in [2.75, 3.05) is 20.2 Å². The number of nitrogens with one attached hydrogen (secondary N) is 3. The summed E-state index contributed by atoms with van der Waals surface area (Å²) in [5.74, 6) is 0.685. The molecule has 3 rings (SSSR count). The maximum absolute atomic E-state index is 12.1. The highest BCUT2D eigenvalue weighted by Gasteiger charge is 2.19. The quantitative estimate of drug-likeness (QED) is 0.531. The molecule has 1 aliphatic heterocycles. The zero-order valence-corrected chi connectivity index (χ0v) is 18.8. The highest BCUT2D eigenvalue weighted by molar-refractivity contribution is 5.86. The van der Waals surface area contributed by atoms with E-state index in [-0.39, 0.29) is 19.0 Å². The van der Waals surface area contributed by atoms with Gasteiger partial charge in [0.2, 0.25) is 5.91 Å². The van der Waals surface area contributed by atoms with Crippen LogP contribution in [0.1, 0.15) is 36.8 Å². The monoisotopic (exact) mass is 454 g/mol. The van der Waals surface area contributed by atoms with Crippen LogP contribution in [0.15, 0.2) is 48.5 Å². The Balaban J connectivity index is 1.42. The second-order valence-electron chi connectivity index (χ2n) is 7.74. The smallest absolute Gasteiger partial charge is 0.333 e. The molecule has 176 valence electrons. The molecular weight excluding hydrogens is 424 g/mol. The average Bonchev–Trinajstić information content (AvgIpc) is 3.04. The number of amides is 4. The molecule has 0 radical (unpaired) electrons. The van der Waals surface area contributed by atoms with E-state index in [1.54, 1.807) is 19.2 Å². The highest BCUT2D eigenvalue weighted by Crippen LogP contribution is 2.28. The van der Waals surface area contributed by atoms with Crippen molar-refractivity contribution in [2.24, 2.45) is 0 Å². The summed E-state index contributed by atoms with van der Waals surface area (Å²) in [7, 11) is 1.55. The SMILES string of the molecule is COc1cc(CNC(=O)NNC(=O)CN2CCCCCC2=O)ccc1OCc1ccccc1. The Hall–Kier alpha value is -3.75. The summed E-state index contributed by atoms with van der Waals surface area (Å²) in [6.07, 6.45) is 3.17. The van der Waals surface area contributed by atoms with E-state index in [2.05, 4.69) is 16.2 Å². The Morgan fingerprint density at radius 2 is 1.79 bits per heavy atom. The zero-order valence-electron chi connectivity index (χ0n) is 18.8. The van der Waals surface area contributed by atoms with Crippen LogP contribution in [0.3, 0.4) is 0 Å². The third-order valence-electron chi connectivity index (χ3n) is 5.24. The van der Waals surface area contributed by atoms with Gasteiger partial charge >= 0.3 is 6.03 Å². The number of ether oxygens (including phenoxy) is 2. The molecule has 1 heterocycles. The third-order valence-corrected chi connectivity index (χ3v) is 5.24. The van der Waals surface area contributed by atoms with Gasteiger partial charge in [0.1, 0.15) is 13.2 Å². The first kappa shape index (κ1) is 23.9. The van der Waals surface area contributed by atoms with Crippen LogP contribution in [0.5, 0.6) is 11.5 Å². The Bertz CT molecular complexity index is 951. The van der Waals surface area contributed by atoms with Crippen molar-refractivity contribution in [1.82, 2.24) is 21.1 Å². The number of rotatable bonds is 8. The zero-order chi connectivity index (χ0) is 23.5. The van der Waals surface area contributed by atoms with Crippen LogP contribution in [0.25, 0.3) is 0 Å². The summed E-state index contributed by atoms with van der Waals surface area (Å²) in [5, 5.41) is 2.66. The lowest BCUT2D eigenvalue weighted by atomic mass is 10.2. The van der Waals surface area contributed by atoms with Crippen LogP contribution >= 0.6 is 0 Å². The number of nitrogens with zero attached hydrogens (tertiary/aromatic N) is 1. The van der Waals surface area contributed by atoms with Gasteiger partial charge in [0.25, 0.3) is 5.91 Å². The van der Waals surface area contributed by atoms with Gasteiger partial charge in [0, 0.05) is 19.5 Å². The van der Waals surface area contributed by atoms with Gasteiger partial charge in [-0.05, 0) is 36.1 Å². The van der Waals surface area contributed by atoms with Gasteiger partial charge in [-0.1, -0.05) is 42.8 Å². The van der Waals surface area contributed by atoms with Crippen LogP contribution < -0.4 is 25.6 Å². The van der Waals surface area contributed by atoms with Crippen molar-refractivity contribution in [2.45, 2.75) is 38.8 Å². The molecule has 9 heteroatoms. The number of methoxy groups -OCH3 is 1. The number of carbonyl (C=O) groups is 3. The Labute approximate surface area is 193 Å². The molecule has 0 unspecified atom stereocenters. The number of urea groups is 1. The molecule has 0 saturated carbocycles. The molecule has 4 amide bonds. The van der Waals surface area contributed by atoms with Gasteiger partial charge in [0.15, 0.2) is 11.5 Å². The highest BCUT2D eigenvalue weighted by atomic mass is 16.5. The number of hydrazine groups is 1. The molecule has 2 aromatic rings. The Morgan fingerprint density at radius 3 is 2.58 bits per heavy atom. The van der Waals surface area contributed by atoms with Gasteiger partial charge in [-0.15, -0.1) is 0 Å². The molecule has 0 atom stereocenters. The molecule has 9 nitrogen and oxygen atoms in total. The summed E-state index contributed by atoms with van der Waals surface area (Å²) in [5.41, 5.74) is 6.49. The predicted molar refractivity (Wildman–Crippen MR) is 122 cm³/mol. The van der Waals surface area contributed by atoms with Gasteiger partial charge in [-0.3, -0.25) is 15.0 Å². The normalized spacial score (nSPS) is 13.6. The summed E-state index contributed by atoms with van der Waals surface area (Å²) >= 11 is 0. The third kappa shape index (κ3) is 7.71. The van der Waals surface area contributed by atoms with Gasteiger partial charge in [-0.2, -0.15) is 0 Å². The van der Waals surface area contributed by atoms with Crippen LogP contribution in [-0.4, -0.2) is 42.9 Å². The Morgan fingerprint density at radius 1 is 0.970 bits per heavy atom. The van der Waals surface area contributed by atoms with E-state index in [0.29, 0.717) is 31.1 Å². The van der Waals surface area contributed by atoms with Gasteiger partial charge in [-0.25, -0.2) is 10.2 Å². The summed E-state index contributed by atoms with van der Waals surface area (Å²) in [4.78, 5) is 37.6. The fraction of sp³-hybridized carbons (Fsp3) is 0.375. The number of hydrogen-bond donors (Lipinski definition) is 3. The largest absolute Gasteiger partial charge is 0.493 e. The van der Waals surface area contributed by atoms with Crippen molar-refractivity contribution in [3.05, 3.63) is 59.7 Å². The maximum atomic E-state index is 12.1. The minimum absolute atomic E-state index is 0.0303. The molecule has 2 aromatic carbocycles. The first-order valence-electron chi connectivity index (χ1n) is 11.0. The van der Waals surface area contributed by atoms with E-state index in [1.165, 1.54) is 4.90 Å². The standard InChI is InChI=1S/C24H30N4O5/c1-32-21-14-19(11-12-20(21)33-17-18-8-4-2-5-9-18)15-25-24(31)27-26-22(29)16-28-13-7-3-6-10-23(28)30/h2,4-5,8-9,11-12,14H,3,6-7,10,13,15-17H2,1H3,(H,26,29)(H2,25,27,31). The first-order valence-corrected chi connectivity index (χ1v) is 11.0. The van der Waals surface area contributed by atoms with E-state index >= 15 is 0 Å². The van der Waals surface area contributed by atoms with Crippen molar-refractivity contribution < 1.29 is 23.9 Å². The van der Waals surface area contributed by atoms with Crippen molar-refractivity contribution in [3.8, 4) is 11.5 Å². The lowest BCUT2D eigenvalue weighted by Crippen LogP contribution is -2.50. The minimum Gasteiger partial charge on any atom is -0.493 e. The van der Waals surface area contributed by atoms with Gasteiger partial charge < -0.3 is 19.7 Å². The summed E-state index contributed by atoms with van der Waals surface area (Å²) < 4.78 is 11.2. The second kappa shape index (κ2) is 12.3. The molecule has 33 heavy (non-hydrogen) atoms. The van der Waals surface area contributed by atoms with Crippen molar-refractivity contribution in [3.63, 3.8) is 0 Å². The number of hydrogen-bond acceptors (Lipinski definition) is 5. The number of carbonyl (C=O) groups excluding carboxylic acids is 3. The maximum Gasteiger partial charge on any atom is 0.333 e. The molecule has 0 aliphatic carbocycles. The van der Waals surface area contributed by atoms with Crippen molar-refractivity contribution >= 4 is 17.8 Å². The number of likely N-dealkylation sites (tertiary alicyclic amines) is 1. The van der Waals surface area contributed by atoms with Crippen LogP contribution in [0, 0.1) is 0 Å². The van der Waals surface area contributed by atoms with Crippen LogP contribution in [0.2, 0.25) is 0 Å². The molecule has 1 fully saturated rings. The lowest BCUT2D eigenvalue weighted by Gasteiger charge is -2.19. The molecular formula is C24H30N4O5. The second-order valence-corrected chi connectivity index (χ2v) is 7.74. The van der Waals surface area contributed by atoms with Crippen LogP contribution in [-0.2, 0) is 22.7 Å². The minimum atomic E-state index is -0.561. The molecule has 0 bridgehead atoms.